The van der Waals surface area contributed by atoms with Crippen molar-refractivity contribution < 1.29 is 17.9 Å². The highest BCUT2D eigenvalue weighted by molar-refractivity contribution is 6.10. The summed E-state index contributed by atoms with van der Waals surface area (Å²) in [5, 5.41) is 3.79. The minimum absolute atomic E-state index is 0.235. The number of allylic oxidation sites excluding steroid dienone is 2. The summed E-state index contributed by atoms with van der Waals surface area (Å²) >= 11 is 0. The van der Waals surface area contributed by atoms with E-state index in [1.165, 1.54) is 12.1 Å². The van der Waals surface area contributed by atoms with Gasteiger partial charge in [-0.25, -0.2) is 10.0 Å². The Bertz CT molecular complexity index is 714. The standard InChI is InChI=1S/C17H20F3N3O/c1-11(2)16-21-15(8-9-23(16)22(4)5)14-7-6-13(10-12(14)3)24-17(18,19)20/h6-10H,1-5H3. The predicted octanol–water partition coefficient (Wildman–Crippen LogP) is 4.24. The number of halogens is 3. The van der Waals surface area contributed by atoms with Crippen LogP contribution in [0, 0.1) is 6.92 Å². The van der Waals surface area contributed by atoms with E-state index in [9.17, 15) is 13.2 Å². The number of hydrazine groups is 1. The molecule has 0 aromatic heterocycles. The Morgan fingerprint density at radius 3 is 2.38 bits per heavy atom. The first kappa shape index (κ1) is 18.1. The van der Waals surface area contributed by atoms with Gasteiger partial charge in [0.05, 0.1) is 5.71 Å². The van der Waals surface area contributed by atoms with Crippen LogP contribution in [0.1, 0.15) is 25.0 Å². The molecule has 0 radical (unpaired) electrons. The molecule has 24 heavy (non-hydrogen) atoms. The molecule has 130 valence electrons. The molecule has 0 saturated heterocycles. The second kappa shape index (κ2) is 6.68. The van der Waals surface area contributed by atoms with Gasteiger partial charge in [-0.1, -0.05) is 0 Å². The van der Waals surface area contributed by atoms with Gasteiger partial charge in [-0.3, -0.25) is 5.01 Å². The summed E-state index contributed by atoms with van der Waals surface area (Å²) in [6.07, 6.45) is -0.985. The molecule has 0 N–H and O–H groups in total. The Morgan fingerprint density at radius 2 is 1.88 bits per heavy atom. The summed E-state index contributed by atoms with van der Waals surface area (Å²) in [7, 11) is 3.81. The molecule has 2 rings (SSSR count). The Hall–Kier alpha value is -2.28. The van der Waals surface area contributed by atoms with Crippen molar-refractivity contribution >= 4 is 5.71 Å². The summed E-state index contributed by atoms with van der Waals surface area (Å²) in [5.74, 6) is 0.550. The summed E-state index contributed by atoms with van der Waals surface area (Å²) in [5.41, 5.74) is 3.14. The molecule has 0 amide bonds. The SMILES string of the molecule is CC(C)=C1N=C(c2ccc(OC(F)(F)F)cc2C)C=CN1N(C)C. The van der Waals surface area contributed by atoms with Crippen molar-refractivity contribution in [3.63, 3.8) is 0 Å². The highest BCUT2D eigenvalue weighted by Crippen LogP contribution is 2.27. The van der Waals surface area contributed by atoms with E-state index in [0.29, 0.717) is 11.3 Å². The molecule has 1 aliphatic rings. The van der Waals surface area contributed by atoms with Crippen molar-refractivity contribution in [2.45, 2.75) is 27.1 Å². The van der Waals surface area contributed by atoms with Gasteiger partial charge >= 0.3 is 6.36 Å². The Labute approximate surface area is 139 Å². The number of aryl methyl sites for hydroxylation is 1. The first-order valence-corrected chi connectivity index (χ1v) is 7.36. The largest absolute Gasteiger partial charge is 0.573 e. The van der Waals surface area contributed by atoms with Crippen LogP contribution >= 0.6 is 0 Å². The maximum absolute atomic E-state index is 12.3. The summed E-state index contributed by atoms with van der Waals surface area (Å²) in [4.78, 5) is 4.65. The molecule has 1 aromatic rings. The molecule has 0 atom stereocenters. The molecule has 0 unspecified atom stereocenters. The predicted molar refractivity (Wildman–Crippen MR) is 87.4 cm³/mol. The van der Waals surface area contributed by atoms with Gasteiger partial charge in [-0.05, 0) is 56.2 Å². The lowest BCUT2D eigenvalue weighted by molar-refractivity contribution is -0.274. The Kier molecular flexibility index (Phi) is 5.03. The Morgan fingerprint density at radius 1 is 1.21 bits per heavy atom. The lowest BCUT2D eigenvalue weighted by atomic mass is 10.0. The molecule has 0 spiro atoms. The first-order valence-electron chi connectivity index (χ1n) is 7.36. The van der Waals surface area contributed by atoms with Crippen LogP contribution in [0.4, 0.5) is 13.2 Å². The zero-order valence-corrected chi connectivity index (χ0v) is 14.3. The van der Waals surface area contributed by atoms with Gasteiger partial charge in [0.15, 0.2) is 0 Å². The average Bonchev–Trinajstić information content (AvgIpc) is 2.44. The second-order valence-electron chi connectivity index (χ2n) is 5.85. The van der Waals surface area contributed by atoms with Gasteiger partial charge in [-0.2, -0.15) is 0 Å². The quantitative estimate of drug-likeness (QED) is 0.824. The number of hydrogen-bond acceptors (Lipinski definition) is 4. The van der Waals surface area contributed by atoms with Crippen LogP contribution in [-0.4, -0.2) is 36.2 Å². The van der Waals surface area contributed by atoms with E-state index in [1.807, 2.05) is 50.2 Å². The number of benzene rings is 1. The fourth-order valence-corrected chi connectivity index (χ4v) is 2.35. The average molecular weight is 339 g/mol. The van der Waals surface area contributed by atoms with E-state index in [-0.39, 0.29) is 5.75 Å². The van der Waals surface area contributed by atoms with Crippen molar-refractivity contribution in [1.29, 1.82) is 0 Å². The van der Waals surface area contributed by atoms with Gasteiger partial charge in [0.2, 0.25) is 0 Å². The van der Waals surface area contributed by atoms with E-state index in [4.69, 9.17) is 0 Å². The summed E-state index contributed by atoms with van der Waals surface area (Å²) < 4.78 is 40.9. The van der Waals surface area contributed by atoms with Crippen LogP contribution in [0.25, 0.3) is 0 Å². The molecule has 0 bridgehead atoms. The van der Waals surface area contributed by atoms with E-state index >= 15 is 0 Å². The normalized spacial score (nSPS) is 15.0. The third kappa shape index (κ3) is 4.17. The van der Waals surface area contributed by atoms with Gasteiger partial charge in [0.1, 0.15) is 11.6 Å². The fourth-order valence-electron chi connectivity index (χ4n) is 2.35. The van der Waals surface area contributed by atoms with Gasteiger partial charge in [-0.15, -0.1) is 13.2 Å². The van der Waals surface area contributed by atoms with Crippen molar-refractivity contribution in [1.82, 2.24) is 10.0 Å². The van der Waals surface area contributed by atoms with Crippen LogP contribution in [0.15, 0.2) is 46.9 Å². The van der Waals surface area contributed by atoms with Crippen LogP contribution in [0.3, 0.4) is 0 Å². The van der Waals surface area contributed by atoms with E-state index in [0.717, 1.165) is 17.0 Å². The number of aliphatic imine (C=N–C) groups is 1. The molecule has 0 aliphatic carbocycles. The lowest BCUT2D eigenvalue weighted by Gasteiger charge is -2.31. The number of alkyl halides is 3. The smallest absolute Gasteiger partial charge is 0.406 e. The number of rotatable bonds is 3. The number of hydrogen-bond donors (Lipinski definition) is 0. The van der Waals surface area contributed by atoms with E-state index in [2.05, 4.69) is 9.73 Å². The fraction of sp³-hybridized carbons (Fsp3) is 0.353. The zero-order valence-electron chi connectivity index (χ0n) is 14.3. The molecule has 7 heteroatoms. The highest BCUT2D eigenvalue weighted by atomic mass is 19.4. The topological polar surface area (TPSA) is 28.1 Å². The lowest BCUT2D eigenvalue weighted by Crippen LogP contribution is -2.33. The van der Waals surface area contributed by atoms with E-state index in [1.54, 1.807) is 13.0 Å². The molecule has 0 saturated carbocycles. The molecular formula is C17H20F3N3O. The molecule has 4 nitrogen and oxygen atoms in total. The molecule has 0 fully saturated rings. The Balaban J connectivity index is 2.37. The van der Waals surface area contributed by atoms with Crippen molar-refractivity contribution in [3.8, 4) is 5.75 Å². The molecule has 1 aromatic carbocycles. The summed E-state index contributed by atoms with van der Waals surface area (Å²) in [6.45, 7) is 5.65. The monoisotopic (exact) mass is 339 g/mol. The third-order valence-electron chi connectivity index (χ3n) is 3.40. The van der Waals surface area contributed by atoms with Gasteiger partial charge in [0.25, 0.3) is 0 Å². The van der Waals surface area contributed by atoms with E-state index < -0.39 is 6.36 Å². The van der Waals surface area contributed by atoms with Crippen LogP contribution < -0.4 is 4.74 Å². The molecular weight excluding hydrogens is 319 g/mol. The van der Waals surface area contributed by atoms with Crippen molar-refractivity contribution in [2.75, 3.05) is 14.1 Å². The number of nitrogens with zero attached hydrogens (tertiary/aromatic N) is 3. The van der Waals surface area contributed by atoms with Crippen LogP contribution in [0.2, 0.25) is 0 Å². The van der Waals surface area contributed by atoms with Crippen LogP contribution in [-0.2, 0) is 0 Å². The van der Waals surface area contributed by atoms with Gasteiger partial charge < -0.3 is 4.74 Å². The first-order chi connectivity index (χ1) is 11.1. The zero-order chi connectivity index (χ0) is 18.1. The second-order valence-corrected chi connectivity index (χ2v) is 5.85. The van der Waals surface area contributed by atoms with Crippen molar-refractivity contribution in [2.24, 2.45) is 4.99 Å². The minimum Gasteiger partial charge on any atom is -0.406 e. The summed E-state index contributed by atoms with van der Waals surface area (Å²) in [6, 6.07) is 4.25. The molecule has 1 aliphatic heterocycles. The van der Waals surface area contributed by atoms with Crippen LogP contribution in [0.5, 0.6) is 5.75 Å². The molecule has 1 heterocycles. The minimum atomic E-state index is -4.70. The highest BCUT2D eigenvalue weighted by Gasteiger charge is 2.31. The van der Waals surface area contributed by atoms with Crippen molar-refractivity contribution in [3.05, 3.63) is 53.0 Å². The maximum Gasteiger partial charge on any atom is 0.573 e. The number of ether oxygens (including phenoxy) is 1. The third-order valence-corrected chi connectivity index (χ3v) is 3.40. The maximum atomic E-state index is 12.3. The van der Waals surface area contributed by atoms with Gasteiger partial charge in [0, 0.05) is 25.9 Å².